The Morgan fingerprint density at radius 3 is 3.00 bits per heavy atom. The molecule has 1 rings (SSSR count). The molecule has 1 heterocycles. The largest absolute Gasteiger partial charge is 0.501 e. The molecule has 0 saturated heterocycles. The summed E-state index contributed by atoms with van der Waals surface area (Å²) < 4.78 is 15.9. The third-order valence-electron chi connectivity index (χ3n) is 2.58. The Kier molecular flexibility index (Phi) is 7.21. The van der Waals surface area contributed by atoms with Gasteiger partial charge >= 0.3 is 0 Å². The number of rotatable bonds is 8. The molecule has 0 aromatic rings. The van der Waals surface area contributed by atoms with Gasteiger partial charge in [-0.3, -0.25) is 0 Å². The number of hydrogen-bond acceptors (Lipinski definition) is 4. The van der Waals surface area contributed by atoms with E-state index in [0.29, 0.717) is 19.8 Å². The van der Waals surface area contributed by atoms with E-state index >= 15 is 0 Å². The highest BCUT2D eigenvalue weighted by Gasteiger charge is 2.16. The summed E-state index contributed by atoms with van der Waals surface area (Å²) in [7, 11) is 1.68. The van der Waals surface area contributed by atoms with Crippen LogP contribution in [0, 0.1) is 0 Å². The van der Waals surface area contributed by atoms with E-state index in [1.807, 2.05) is 6.26 Å². The van der Waals surface area contributed by atoms with Crippen LogP contribution in [-0.2, 0) is 14.2 Å². The first-order valence-electron chi connectivity index (χ1n) is 5.99. The van der Waals surface area contributed by atoms with Crippen molar-refractivity contribution in [2.45, 2.75) is 25.8 Å². The Balaban J connectivity index is 2.31. The number of hydrogen-bond donors (Lipinski definition) is 1. The smallest absolute Gasteiger partial charge is 0.0876 e. The van der Waals surface area contributed by atoms with Crippen LogP contribution in [0.25, 0.3) is 0 Å². The maximum atomic E-state index is 5.56. The summed E-state index contributed by atoms with van der Waals surface area (Å²) in [5.41, 5.74) is 1.31. The number of ether oxygens (including phenoxy) is 3. The SMILES string of the molecule is CCNC(COCCOC)C1=COCCC1. The molecule has 1 aliphatic heterocycles. The van der Waals surface area contributed by atoms with Gasteiger partial charge in [-0.15, -0.1) is 0 Å². The second kappa shape index (κ2) is 8.56. The van der Waals surface area contributed by atoms with Crippen LogP contribution in [0.2, 0.25) is 0 Å². The minimum Gasteiger partial charge on any atom is -0.501 e. The zero-order valence-electron chi connectivity index (χ0n) is 10.3. The lowest BCUT2D eigenvalue weighted by Crippen LogP contribution is -2.36. The van der Waals surface area contributed by atoms with E-state index in [9.17, 15) is 0 Å². The number of likely N-dealkylation sites (N-methyl/N-ethyl adjacent to an activating group) is 1. The third kappa shape index (κ3) is 4.96. The van der Waals surface area contributed by atoms with Crippen LogP contribution in [0.5, 0.6) is 0 Å². The van der Waals surface area contributed by atoms with Gasteiger partial charge in [-0.25, -0.2) is 0 Å². The summed E-state index contributed by atoms with van der Waals surface area (Å²) in [5, 5.41) is 3.42. The summed E-state index contributed by atoms with van der Waals surface area (Å²) in [4.78, 5) is 0. The van der Waals surface area contributed by atoms with Crippen molar-refractivity contribution in [1.29, 1.82) is 0 Å². The minimum atomic E-state index is 0.280. The molecule has 0 aromatic carbocycles. The predicted molar refractivity (Wildman–Crippen MR) is 63.4 cm³/mol. The highest BCUT2D eigenvalue weighted by molar-refractivity contribution is 5.10. The summed E-state index contributed by atoms with van der Waals surface area (Å²) in [5.74, 6) is 0. The molecule has 0 amide bonds. The average molecular weight is 229 g/mol. The summed E-state index contributed by atoms with van der Waals surface area (Å²) in [6.07, 6.45) is 4.09. The van der Waals surface area contributed by atoms with Crippen molar-refractivity contribution in [2.75, 3.05) is 40.1 Å². The second-order valence-electron chi connectivity index (χ2n) is 3.85. The fraction of sp³-hybridized carbons (Fsp3) is 0.833. The van der Waals surface area contributed by atoms with Gasteiger partial charge in [0, 0.05) is 7.11 Å². The summed E-state index contributed by atoms with van der Waals surface area (Å²) in [6, 6.07) is 0.280. The Morgan fingerprint density at radius 1 is 1.50 bits per heavy atom. The molecule has 94 valence electrons. The Labute approximate surface area is 97.9 Å². The van der Waals surface area contributed by atoms with Crippen LogP contribution >= 0.6 is 0 Å². The molecule has 1 N–H and O–H groups in total. The number of methoxy groups -OCH3 is 1. The molecule has 0 aliphatic carbocycles. The lowest BCUT2D eigenvalue weighted by atomic mass is 10.0. The molecule has 4 nitrogen and oxygen atoms in total. The third-order valence-corrected chi connectivity index (χ3v) is 2.58. The Morgan fingerprint density at radius 2 is 2.38 bits per heavy atom. The van der Waals surface area contributed by atoms with Gasteiger partial charge in [0.05, 0.1) is 38.7 Å². The van der Waals surface area contributed by atoms with Crippen molar-refractivity contribution < 1.29 is 14.2 Å². The van der Waals surface area contributed by atoms with Crippen molar-refractivity contribution >= 4 is 0 Å². The molecule has 0 bridgehead atoms. The molecular weight excluding hydrogens is 206 g/mol. The van der Waals surface area contributed by atoms with Gasteiger partial charge in [-0.05, 0) is 25.0 Å². The van der Waals surface area contributed by atoms with E-state index in [4.69, 9.17) is 14.2 Å². The van der Waals surface area contributed by atoms with E-state index in [2.05, 4.69) is 12.2 Å². The molecular formula is C12H23NO3. The highest BCUT2D eigenvalue weighted by atomic mass is 16.5. The second-order valence-corrected chi connectivity index (χ2v) is 3.85. The van der Waals surface area contributed by atoms with Crippen molar-refractivity contribution in [3.8, 4) is 0 Å². The van der Waals surface area contributed by atoms with Crippen molar-refractivity contribution in [1.82, 2.24) is 5.32 Å². The van der Waals surface area contributed by atoms with Gasteiger partial charge in [-0.1, -0.05) is 6.92 Å². The fourth-order valence-electron chi connectivity index (χ4n) is 1.73. The van der Waals surface area contributed by atoms with E-state index in [0.717, 1.165) is 26.0 Å². The standard InChI is InChI=1S/C12H23NO3/c1-3-13-12(10-16-8-7-14-2)11-5-4-6-15-9-11/h9,12-13H,3-8,10H2,1-2H3. The van der Waals surface area contributed by atoms with E-state index in [1.54, 1.807) is 7.11 Å². The van der Waals surface area contributed by atoms with Gasteiger partial charge in [0.25, 0.3) is 0 Å². The van der Waals surface area contributed by atoms with Crippen molar-refractivity contribution in [2.24, 2.45) is 0 Å². The van der Waals surface area contributed by atoms with Gasteiger partial charge < -0.3 is 19.5 Å². The average Bonchev–Trinajstić information content (AvgIpc) is 2.34. The molecule has 1 unspecified atom stereocenters. The maximum Gasteiger partial charge on any atom is 0.0876 e. The van der Waals surface area contributed by atoms with Crippen LogP contribution in [0.4, 0.5) is 0 Å². The van der Waals surface area contributed by atoms with Crippen LogP contribution < -0.4 is 5.32 Å². The van der Waals surface area contributed by atoms with Gasteiger partial charge in [0.2, 0.25) is 0 Å². The molecule has 4 heteroatoms. The van der Waals surface area contributed by atoms with E-state index in [-0.39, 0.29) is 6.04 Å². The lowest BCUT2D eigenvalue weighted by molar-refractivity contribution is 0.0615. The van der Waals surface area contributed by atoms with Crippen LogP contribution in [0.3, 0.4) is 0 Å². The zero-order chi connectivity index (χ0) is 11.6. The van der Waals surface area contributed by atoms with Gasteiger partial charge in [-0.2, -0.15) is 0 Å². The maximum absolute atomic E-state index is 5.56. The topological polar surface area (TPSA) is 39.7 Å². The van der Waals surface area contributed by atoms with Crippen molar-refractivity contribution in [3.05, 3.63) is 11.8 Å². The molecule has 0 fully saturated rings. The quantitative estimate of drug-likeness (QED) is 0.637. The summed E-state index contributed by atoms with van der Waals surface area (Å²) in [6.45, 7) is 5.86. The van der Waals surface area contributed by atoms with Gasteiger partial charge in [0.15, 0.2) is 0 Å². The predicted octanol–water partition coefficient (Wildman–Crippen LogP) is 1.32. The highest BCUT2D eigenvalue weighted by Crippen LogP contribution is 2.16. The van der Waals surface area contributed by atoms with Crippen molar-refractivity contribution in [3.63, 3.8) is 0 Å². The first-order valence-corrected chi connectivity index (χ1v) is 5.99. The molecule has 1 atom stereocenters. The molecule has 0 saturated carbocycles. The normalized spacial score (nSPS) is 17.8. The monoisotopic (exact) mass is 229 g/mol. The lowest BCUT2D eigenvalue weighted by Gasteiger charge is -2.23. The molecule has 16 heavy (non-hydrogen) atoms. The first-order chi connectivity index (χ1) is 7.88. The molecule has 0 radical (unpaired) electrons. The van der Waals surface area contributed by atoms with Gasteiger partial charge in [0.1, 0.15) is 0 Å². The van der Waals surface area contributed by atoms with Crippen LogP contribution in [0.15, 0.2) is 11.8 Å². The zero-order valence-corrected chi connectivity index (χ0v) is 10.3. The minimum absolute atomic E-state index is 0.280. The first kappa shape index (κ1) is 13.5. The van der Waals surface area contributed by atoms with E-state index < -0.39 is 0 Å². The molecule has 1 aliphatic rings. The fourth-order valence-corrected chi connectivity index (χ4v) is 1.73. The Hall–Kier alpha value is -0.580. The summed E-state index contributed by atoms with van der Waals surface area (Å²) >= 11 is 0. The Bertz CT molecular complexity index is 206. The number of nitrogens with one attached hydrogen (secondary N) is 1. The van der Waals surface area contributed by atoms with Crippen LogP contribution in [0.1, 0.15) is 19.8 Å². The van der Waals surface area contributed by atoms with Crippen LogP contribution in [-0.4, -0.2) is 46.1 Å². The van der Waals surface area contributed by atoms with E-state index in [1.165, 1.54) is 5.57 Å². The molecule has 0 spiro atoms. The molecule has 0 aromatic heterocycles.